The van der Waals surface area contributed by atoms with E-state index in [4.69, 9.17) is 16.3 Å². The number of amides is 1. The molecule has 1 saturated heterocycles. The first kappa shape index (κ1) is 22.9. The van der Waals surface area contributed by atoms with Gasteiger partial charge < -0.3 is 10.1 Å². The van der Waals surface area contributed by atoms with E-state index in [1.54, 1.807) is 24.3 Å². The van der Waals surface area contributed by atoms with Gasteiger partial charge in [-0.15, -0.1) is 0 Å². The van der Waals surface area contributed by atoms with Crippen LogP contribution in [0.25, 0.3) is 6.08 Å². The molecule has 0 bridgehead atoms. The zero-order chi connectivity index (χ0) is 23.3. The molecule has 33 heavy (non-hydrogen) atoms. The van der Waals surface area contributed by atoms with E-state index in [0.717, 1.165) is 16.9 Å². The van der Waals surface area contributed by atoms with E-state index in [9.17, 15) is 13.2 Å². The Bertz CT molecular complexity index is 1260. The van der Waals surface area contributed by atoms with Crippen LogP contribution in [0, 0.1) is 0 Å². The Morgan fingerprint density at radius 1 is 1.06 bits per heavy atom. The molecule has 1 aliphatic heterocycles. The van der Waals surface area contributed by atoms with Gasteiger partial charge in [-0.1, -0.05) is 54.1 Å². The van der Waals surface area contributed by atoms with Crippen molar-refractivity contribution in [3.05, 3.63) is 95.0 Å². The van der Waals surface area contributed by atoms with Crippen LogP contribution in [0.3, 0.4) is 0 Å². The van der Waals surface area contributed by atoms with Crippen LogP contribution in [0.4, 0.5) is 11.4 Å². The molecule has 4 rings (SSSR count). The molecule has 0 aliphatic carbocycles. The molecular weight excluding hydrogens is 460 g/mol. The Kier molecular flexibility index (Phi) is 7.01. The third-order valence-electron chi connectivity index (χ3n) is 5.15. The molecule has 3 aromatic rings. The number of benzene rings is 3. The molecule has 0 spiro atoms. The third kappa shape index (κ3) is 5.94. The summed E-state index contributed by atoms with van der Waals surface area (Å²) in [6.07, 6.45) is 3.65. The van der Waals surface area contributed by atoms with Crippen LogP contribution in [0.5, 0.6) is 5.75 Å². The topological polar surface area (TPSA) is 75.7 Å². The lowest BCUT2D eigenvalue weighted by Crippen LogP contribution is -2.25. The first-order valence-electron chi connectivity index (χ1n) is 10.5. The van der Waals surface area contributed by atoms with Gasteiger partial charge in [-0.2, -0.15) is 0 Å². The van der Waals surface area contributed by atoms with E-state index >= 15 is 0 Å². The van der Waals surface area contributed by atoms with Crippen molar-refractivity contribution in [2.45, 2.75) is 13.0 Å². The Morgan fingerprint density at radius 2 is 1.82 bits per heavy atom. The SMILES string of the molecule is O=C(/C=C/c1ccc(OCc2ccccc2)cc1)Nc1cc(N2CCCS2(=O)=O)ccc1Cl. The van der Waals surface area contributed by atoms with E-state index in [1.165, 1.54) is 10.4 Å². The van der Waals surface area contributed by atoms with Gasteiger partial charge in [0.15, 0.2) is 0 Å². The first-order chi connectivity index (χ1) is 15.9. The van der Waals surface area contributed by atoms with Crippen molar-refractivity contribution in [2.24, 2.45) is 0 Å². The highest BCUT2D eigenvalue weighted by atomic mass is 35.5. The highest BCUT2D eigenvalue weighted by Crippen LogP contribution is 2.31. The molecule has 6 nitrogen and oxygen atoms in total. The fourth-order valence-corrected chi connectivity index (χ4v) is 5.18. The largest absolute Gasteiger partial charge is 0.489 e. The summed E-state index contributed by atoms with van der Waals surface area (Å²) in [6.45, 7) is 0.902. The molecule has 3 aromatic carbocycles. The fraction of sp³-hybridized carbons (Fsp3) is 0.160. The van der Waals surface area contributed by atoms with Crippen LogP contribution < -0.4 is 14.4 Å². The van der Waals surface area contributed by atoms with Crippen molar-refractivity contribution in [3.8, 4) is 5.75 Å². The van der Waals surface area contributed by atoms with E-state index in [2.05, 4.69) is 5.32 Å². The second-order valence-electron chi connectivity index (χ2n) is 7.57. The molecule has 1 fully saturated rings. The van der Waals surface area contributed by atoms with Gasteiger partial charge in [0.05, 0.1) is 22.2 Å². The molecule has 1 N–H and O–H groups in total. The van der Waals surface area contributed by atoms with Gasteiger partial charge in [-0.25, -0.2) is 8.42 Å². The molecule has 0 saturated carbocycles. The monoisotopic (exact) mass is 482 g/mol. The standard InChI is InChI=1S/C25H23ClN2O4S/c26-23-13-10-21(28-15-4-16-33(28,30)31)17-24(23)27-25(29)14-9-19-7-11-22(12-8-19)32-18-20-5-2-1-3-6-20/h1-3,5-14,17H,4,15-16,18H2,(H,27,29)/b14-9+. The van der Waals surface area contributed by atoms with Crippen molar-refractivity contribution in [2.75, 3.05) is 21.9 Å². The number of rotatable bonds is 7. The number of sulfonamides is 1. The summed E-state index contributed by atoms with van der Waals surface area (Å²) < 4.78 is 31.4. The van der Waals surface area contributed by atoms with Crippen LogP contribution in [0.2, 0.25) is 5.02 Å². The minimum atomic E-state index is -3.31. The smallest absolute Gasteiger partial charge is 0.248 e. The Labute approximate surface area is 198 Å². The van der Waals surface area contributed by atoms with Gasteiger partial charge in [-0.3, -0.25) is 9.10 Å². The quantitative estimate of drug-likeness (QED) is 0.475. The van der Waals surface area contributed by atoms with Gasteiger partial charge in [0.1, 0.15) is 12.4 Å². The fourth-order valence-electron chi connectivity index (χ4n) is 3.46. The van der Waals surface area contributed by atoms with Crippen LogP contribution in [0.15, 0.2) is 78.9 Å². The predicted octanol–water partition coefficient (Wildman–Crippen LogP) is 5.11. The van der Waals surface area contributed by atoms with Crippen LogP contribution in [-0.2, 0) is 21.4 Å². The summed E-state index contributed by atoms with van der Waals surface area (Å²) in [5.74, 6) is 0.486. The summed E-state index contributed by atoms with van der Waals surface area (Å²) in [5.41, 5.74) is 2.77. The minimum absolute atomic E-state index is 0.121. The number of hydrogen-bond donors (Lipinski definition) is 1. The number of nitrogens with zero attached hydrogens (tertiary/aromatic N) is 1. The van der Waals surface area contributed by atoms with Crippen molar-refractivity contribution >= 4 is 45.0 Å². The number of anilines is 2. The molecule has 1 heterocycles. The third-order valence-corrected chi connectivity index (χ3v) is 7.35. The molecule has 0 radical (unpaired) electrons. The second-order valence-corrected chi connectivity index (χ2v) is 9.99. The number of halogens is 1. The number of nitrogens with one attached hydrogen (secondary N) is 1. The van der Waals surface area contributed by atoms with Gasteiger partial charge >= 0.3 is 0 Å². The van der Waals surface area contributed by atoms with Crippen LogP contribution in [-0.4, -0.2) is 26.6 Å². The molecule has 0 aromatic heterocycles. The lowest BCUT2D eigenvalue weighted by molar-refractivity contribution is -0.111. The van der Waals surface area contributed by atoms with Gasteiger partial charge in [0.2, 0.25) is 15.9 Å². The normalized spacial score (nSPS) is 15.0. The molecule has 0 unspecified atom stereocenters. The van der Waals surface area contributed by atoms with Gasteiger partial charge in [0.25, 0.3) is 0 Å². The number of ether oxygens (including phenoxy) is 1. The zero-order valence-electron chi connectivity index (χ0n) is 17.8. The van der Waals surface area contributed by atoms with Crippen molar-refractivity contribution in [1.82, 2.24) is 0 Å². The van der Waals surface area contributed by atoms with Crippen LogP contribution in [0.1, 0.15) is 17.5 Å². The number of hydrogen-bond acceptors (Lipinski definition) is 4. The Morgan fingerprint density at radius 3 is 2.52 bits per heavy atom. The summed E-state index contributed by atoms with van der Waals surface area (Å²) >= 11 is 6.21. The maximum Gasteiger partial charge on any atom is 0.248 e. The average molecular weight is 483 g/mol. The van der Waals surface area contributed by atoms with Crippen LogP contribution >= 0.6 is 11.6 Å². The molecule has 0 atom stereocenters. The van der Waals surface area contributed by atoms with Crippen molar-refractivity contribution in [3.63, 3.8) is 0 Å². The Balaban J connectivity index is 1.36. The first-order valence-corrected chi connectivity index (χ1v) is 12.5. The lowest BCUT2D eigenvalue weighted by atomic mass is 10.2. The number of carbonyl (C=O) groups is 1. The summed E-state index contributed by atoms with van der Waals surface area (Å²) in [7, 11) is -3.31. The number of carbonyl (C=O) groups excluding carboxylic acids is 1. The highest BCUT2D eigenvalue weighted by molar-refractivity contribution is 7.93. The van der Waals surface area contributed by atoms with E-state index in [0.29, 0.717) is 36.0 Å². The molecule has 170 valence electrons. The molecular formula is C25H23ClN2O4S. The van der Waals surface area contributed by atoms with E-state index in [-0.39, 0.29) is 11.7 Å². The maximum atomic E-state index is 12.4. The summed E-state index contributed by atoms with van der Waals surface area (Å²) in [4.78, 5) is 12.4. The zero-order valence-corrected chi connectivity index (χ0v) is 19.4. The second kappa shape index (κ2) is 10.1. The highest BCUT2D eigenvalue weighted by Gasteiger charge is 2.28. The minimum Gasteiger partial charge on any atom is -0.489 e. The van der Waals surface area contributed by atoms with Gasteiger partial charge in [-0.05, 0) is 54.0 Å². The van der Waals surface area contributed by atoms with Gasteiger partial charge in [0, 0.05) is 12.6 Å². The lowest BCUT2D eigenvalue weighted by Gasteiger charge is -2.18. The molecule has 1 aliphatic rings. The van der Waals surface area contributed by atoms with E-state index in [1.807, 2.05) is 54.6 Å². The Hall–Kier alpha value is -3.29. The molecule has 1 amide bonds. The molecule has 8 heteroatoms. The van der Waals surface area contributed by atoms with E-state index < -0.39 is 10.0 Å². The summed E-state index contributed by atoms with van der Waals surface area (Å²) in [6, 6.07) is 22.1. The van der Waals surface area contributed by atoms with Crippen molar-refractivity contribution in [1.29, 1.82) is 0 Å². The summed E-state index contributed by atoms with van der Waals surface area (Å²) in [5, 5.41) is 3.05. The predicted molar refractivity (Wildman–Crippen MR) is 132 cm³/mol. The average Bonchev–Trinajstić information content (AvgIpc) is 3.18. The van der Waals surface area contributed by atoms with Crippen molar-refractivity contribution < 1.29 is 17.9 Å². The maximum absolute atomic E-state index is 12.4.